The number of hydrogen-bond acceptors (Lipinski definition) is 4. The molecule has 0 aromatic carbocycles. The van der Waals surface area contributed by atoms with Crippen LogP contribution in [0.25, 0.3) is 0 Å². The van der Waals surface area contributed by atoms with Gasteiger partial charge in [-0.2, -0.15) is 32.1 Å². The highest BCUT2D eigenvalue weighted by molar-refractivity contribution is 5.87. The molecule has 0 spiro atoms. The first-order valence-electron chi connectivity index (χ1n) is 5.86. The van der Waals surface area contributed by atoms with E-state index in [1.54, 1.807) is 0 Å². The van der Waals surface area contributed by atoms with E-state index in [1.807, 2.05) is 0 Å². The lowest BCUT2D eigenvalue weighted by molar-refractivity contribution is -0.363. The SMILES string of the molecule is CC1=NN(C(=O)OC(C)(C)C)[C@](O)(C(F)(F)C(F)(F)F)C1. The van der Waals surface area contributed by atoms with Gasteiger partial charge in [-0.25, -0.2) is 4.79 Å². The summed E-state index contributed by atoms with van der Waals surface area (Å²) in [4.78, 5) is 11.7. The number of carbonyl (C=O) groups is 1. The second kappa shape index (κ2) is 4.79. The monoisotopic (exact) mass is 318 g/mol. The number of alkyl halides is 5. The zero-order valence-corrected chi connectivity index (χ0v) is 11.8. The summed E-state index contributed by atoms with van der Waals surface area (Å²) in [7, 11) is 0. The van der Waals surface area contributed by atoms with Crippen LogP contribution in [0.4, 0.5) is 26.7 Å². The standard InChI is InChI=1S/C11H15F5N2O3/c1-6-5-9(20,10(12,13)11(14,15)16)18(17-6)7(19)21-8(2,3)4/h20H,5H2,1-4H3/t9-/m1/s1. The number of rotatable bonds is 1. The normalized spacial score (nSPS) is 24.1. The summed E-state index contributed by atoms with van der Waals surface area (Å²) < 4.78 is 69.2. The molecule has 122 valence electrons. The van der Waals surface area contributed by atoms with Crippen molar-refractivity contribution in [2.24, 2.45) is 5.10 Å². The summed E-state index contributed by atoms with van der Waals surface area (Å²) in [6.45, 7) is 5.28. The van der Waals surface area contributed by atoms with Crippen molar-refractivity contribution in [1.82, 2.24) is 5.01 Å². The van der Waals surface area contributed by atoms with Gasteiger partial charge in [0.05, 0.1) is 0 Å². The highest BCUT2D eigenvalue weighted by Crippen LogP contribution is 2.49. The van der Waals surface area contributed by atoms with Gasteiger partial charge in [-0.15, -0.1) is 0 Å². The van der Waals surface area contributed by atoms with Crippen LogP contribution in [0.3, 0.4) is 0 Å². The third kappa shape index (κ3) is 3.09. The van der Waals surface area contributed by atoms with Crippen molar-refractivity contribution >= 4 is 11.8 Å². The average molecular weight is 318 g/mol. The summed E-state index contributed by atoms with van der Waals surface area (Å²) in [6.07, 6.45) is -8.79. The molecule has 0 saturated heterocycles. The highest BCUT2D eigenvalue weighted by Gasteiger charge is 2.75. The van der Waals surface area contributed by atoms with E-state index in [9.17, 15) is 31.9 Å². The second-order valence-corrected chi connectivity index (χ2v) is 5.69. The molecule has 1 heterocycles. The molecule has 1 amide bonds. The fourth-order valence-electron chi connectivity index (χ4n) is 1.69. The molecule has 21 heavy (non-hydrogen) atoms. The van der Waals surface area contributed by atoms with Crippen molar-refractivity contribution in [2.45, 2.75) is 57.5 Å². The molecule has 0 fully saturated rings. The maximum atomic E-state index is 13.5. The van der Waals surface area contributed by atoms with Crippen LogP contribution in [0.2, 0.25) is 0 Å². The van der Waals surface area contributed by atoms with Crippen molar-refractivity contribution in [3.63, 3.8) is 0 Å². The summed E-state index contributed by atoms with van der Waals surface area (Å²) in [5.41, 5.74) is -5.26. The van der Waals surface area contributed by atoms with Crippen LogP contribution in [-0.2, 0) is 4.74 Å². The number of aliphatic hydroxyl groups is 1. The summed E-state index contributed by atoms with van der Waals surface area (Å²) in [6, 6.07) is 0. The van der Waals surface area contributed by atoms with Gasteiger partial charge in [-0.05, 0) is 27.7 Å². The van der Waals surface area contributed by atoms with Gasteiger partial charge in [0.1, 0.15) is 5.60 Å². The van der Waals surface area contributed by atoms with Crippen LogP contribution in [0.5, 0.6) is 0 Å². The lowest BCUT2D eigenvalue weighted by Crippen LogP contribution is -2.64. The lowest BCUT2D eigenvalue weighted by Gasteiger charge is -2.38. The Hall–Kier alpha value is -1.45. The Morgan fingerprint density at radius 1 is 1.29 bits per heavy atom. The van der Waals surface area contributed by atoms with Crippen LogP contribution < -0.4 is 0 Å². The third-order valence-electron chi connectivity index (χ3n) is 2.55. The van der Waals surface area contributed by atoms with Gasteiger partial charge in [-0.3, -0.25) is 0 Å². The number of amides is 1. The Bertz CT molecular complexity index is 469. The quantitative estimate of drug-likeness (QED) is 0.756. The van der Waals surface area contributed by atoms with Gasteiger partial charge in [0, 0.05) is 12.1 Å². The molecule has 1 atom stereocenters. The van der Waals surface area contributed by atoms with Crippen molar-refractivity contribution in [2.75, 3.05) is 0 Å². The topological polar surface area (TPSA) is 62.1 Å². The zero-order valence-electron chi connectivity index (χ0n) is 11.8. The molecule has 0 unspecified atom stereocenters. The number of hydrogen-bond donors (Lipinski definition) is 1. The van der Waals surface area contributed by atoms with Gasteiger partial charge in [0.25, 0.3) is 0 Å². The lowest BCUT2D eigenvalue weighted by atomic mass is 9.99. The number of halogens is 5. The Morgan fingerprint density at radius 2 is 1.76 bits per heavy atom. The van der Waals surface area contributed by atoms with Gasteiger partial charge >= 0.3 is 18.2 Å². The molecule has 0 bridgehead atoms. The van der Waals surface area contributed by atoms with E-state index in [1.165, 1.54) is 20.8 Å². The maximum absolute atomic E-state index is 13.5. The van der Waals surface area contributed by atoms with E-state index in [2.05, 4.69) is 5.10 Å². The summed E-state index contributed by atoms with van der Waals surface area (Å²) in [5, 5.41) is 12.7. The number of carbonyl (C=O) groups excluding carboxylic acids is 1. The largest absolute Gasteiger partial charge is 0.458 e. The van der Waals surface area contributed by atoms with Crippen LogP contribution in [0, 0.1) is 0 Å². The highest BCUT2D eigenvalue weighted by atomic mass is 19.4. The smallest absolute Gasteiger partial charge is 0.442 e. The molecule has 0 radical (unpaired) electrons. The van der Waals surface area contributed by atoms with E-state index >= 15 is 0 Å². The molecule has 0 aromatic heterocycles. The van der Waals surface area contributed by atoms with Crippen molar-refractivity contribution in [3.05, 3.63) is 0 Å². The fourth-order valence-corrected chi connectivity index (χ4v) is 1.69. The Labute approximate surface area is 117 Å². The van der Waals surface area contributed by atoms with E-state index in [4.69, 9.17) is 4.74 Å². The van der Waals surface area contributed by atoms with Crippen LogP contribution in [-0.4, -0.2) is 45.3 Å². The van der Waals surface area contributed by atoms with Crippen molar-refractivity contribution in [1.29, 1.82) is 0 Å². The Morgan fingerprint density at radius 3 is 2.14 bits per heavy atom. The van der Waals surface area contributed by atoms with E-state index in [0.29, 0.717) is 0 Å². The third-order valence-corrected chi connectivity index (χ3v) is 2.55. The summed E-state index contributed by atoms with van der Waals surface area (Å²) >= 11 is 0. The molecule has 1 aliphatic rings. The number of hydrazone groups is 1. The molecule has 1 N–H and O–H groups in total. The molecule has 0 aromatic rings. The predicted molar refractivity (Wildman–Crippen MR) is 61.8 cm³/mol. The van der Waals surface area contributed by atoms with E-state index < -0.39 is 35.9 Å². The average Bonchev–Trinajstić information content (AvgIpc) is 2.51. The van der Waals surface area contributed by atoms with Crippen LogP contribution >= 0.6 is 0 Å². The first kappa shape index (κ1) is 17.6. The molecule has 0 aliphatic carbocycles. The first-order valence-corrected chi connectivity index (χ1v) is 5.86. The van der Waals surface area contributed by atoms with Crippen molar-refractivity contribution in [3.8, 4) is 0 Å². The number of nitrogens with zero attached hydrogens (tertiary/aromatic N) is 2. The molecule has 0 saturated carbocycles. The molecular formula is C11H15F5N2O3. The van der Waals surface area contributed by atoms with E-state index in [-0.39, 0.29) is 10.7 Å². The maximum Gasteiger partial charge on any atom is 0.458 e. The van der Waals surface area contributed by atoms with Gasteiger partial charge < -0.3 is 9.84 Å². The van der Waals surface area contributed by atoms with Crippen LogP contribution in [0.1, 0.15) is 34.1 Å². The molecule has 5 nitrogen and oxygen atoms in total. The predicted octanol–water partition coefficient (Wildman–Crippen LogP) is 2.89. The minimum absolute atomic E-state index is 0.257. The molecule has 1 rings (SSSR count). The number of ether oxygens (including phenoxy) is 1. The summed E-state index contributed by atoms with van der Waals surface area (Å²) in [5.74, 6) is -5.57. The van der Waals surface area contributed by atoms with E-state index in [0.717, 1.165) is 6.92 Å². The fraction of sp³-hybridized carbons (Fsp3) is 0.818. The van der Waals surface area contributed by atoms with Crippen molar-refractivity contribution < 1.29 is 36.6 Å². The Balaban J connectivity index is 3.21. The minimum atomic E-state index is -6.05. The van der Waals surface area contributed by atoms with Gasteiger partial charge in [0.15, 0.2) is 0 Å². The first-order chi connectivity index (χ1) is 9.12. The molecule has 10 heteroatoms. The van der Waals surface area contributed by atoms with Crippen LogP contribution in [0.15, 0.2) is 5.10 Å². The molecule has 1 aliphatic heterocycles. The second-order valence-electron chi connectivity index (χ2n) is 5.69. The Kier molecular flexibility index (Phi) is 4.01. The van der Waals surface area contributed by atoms with Gasteiger partial charge in [0.2, 0.25) is 5.72 Å². The minimum Gasteiger partial charge on any atom is -0.442 e. The molecular weight excluding hydrogens is 303 g/mol. The zero-order chi connectivity index (χ0) is 16.9. The van der Waals surface area contributed by atoms with Gasteiger partial charge in [-0.1, -0.05) is 0 Å².